The van der Waals surface area contributed by atoms with E-state index < -0.39 is 0 Å². The van der Waals surface area contributed by atoms with Crippen LogP contribution >= 0.6 is 23.1 Å². The Morgan fingerprint density at radius 3 is 2.71 bits per heavy atom. The van der Waals surface area contributed by atoms with Gasteiger partial charge in [0.15, 0.2) is 4.34 Å². The molecule has 1 N–H and O–H groups in total. The van der Waals surface area contributed by atoms with Crippen molar-refractivity contribution in [2.75, 3.05) is 29.6 Å². The van der Waals surface area contributed by atoms with Crippen molar-refractivity contribution in [1.29, 1.82) is 0 Å². The number of nitrogens with zero attached hydrogens (tertiary/aromatic N) is 3. The number of benzene rings is 2. The number of carbonyl (C=O) groups is 1. The number of hydrogen-bond donors (Lipinski definition) is 1. The third-order valence-electron chi connectivity index (χ3n) is 3.75. The monoisotopic (exact) mass is 412 g/mol. The minimum atomic E-state index is -0.00876. The number of rotatable bonds is 9. The molecular weight excluding hydrogens is 392 g/mol. The number of hydrogen-bond acceptors (Lipinski definition) is 7. The average molecular weight is 413 g/mol. The molecule has 0 saturated carbocycles. The Hall–Kier alpha value is -2.84. The molecule has 6 nitrogen and oxygen atoms in total. The highest BCUT2D eigenvalue weighted by Gasteiger charge is 2.16. The van der Waals surface area contributed by atoms with E-state index in [1.54, 1.807) is 18.1 Å². The largest absolute Gasteiger partial charge is 0.495 e. The van der Waals surface area contributed by atoms with Crippen molar-refractivity contribution in [2.24, 2.45) is 0 Å². The molecule has 144 valence electrons. The van der Waals surface area contributed by atoms with Crippen LogP contribution in [-0.2, 0) is 4.79 Å². The van der Waals surface area contributed by atoms with Crippen molar-refractivity contribution >= 4 is 45.5 Å². The molecule has 1 aromatic heterocycles. The summed E-state index contributed by atoms with van der Waals surface area (Å²) in [5, 5.41) is 12.1. The van der Waals surface area contributed by atoms with Gasteiger partial charge < -0.3 is 15.0 Å². The van der Waals surface area contributed by atoms with E-state index in [9.17, 15) is 4.79 Å². The molecule has 0 aliphatic rings. The molecule has 0 aliphatic carbocycles. The van der Waals surface area contributed by atoms with Crippen molar-refractivity contribution in [2.45, 2.75) is 4.34 Å². The molecule has 1 heterocycles. The first-order chi connectivity index (χ1) is 13.7. The highest BCUT2D eigenvalue weighted by molar-refractivity contribution is 8.01. The number of carbonyl (C=O) groups excluding carboxylic acids is 1. The lowest BCUT2D eigenvalue weighted by atomic mass is 10.3. The summed E-state index contributed by atoms with van der Waals surface area (Å²) in [6.07, 6.45) is 1.72. The van der Waals surface area contributed by atoms with Crippen LogP contribution in [0.4, 0.5) is 16.5 Å². The van der Waals surface area contributed by atoms with E-state index in [0.29, 0.717) is 11.7 Å². The molecule has 0 aliphatic heterocycles. The van der Waals surface area contributed by atoms with Crippen LogP contribution in [0, 0.1) is 0 Å². The summed E-state index contributed by atoms with van der Waals surface area (Å²) < 4.78 is 6.04. The quantitative estimate of drug-likeness (QED) is 0.409. The normalized spacial score (nSPS) is 10.3. The second-order valence-electron chi connectivity index (χ2n) is 5.62. The first-order valence-corrected chi connectivity index (χ1v) is 10.3. The standard InChI is InChI=1S/C20H20N4O2S2/c1-3-13-24(15-9-5-4-6-10-15)18(25)14-27-20-23-22-19(28-20)21-16-11-7-8-12-17(16)26-2/h3-12H,1,13-14H2,2H3,(H,21,22). The summed E-state index contributed by atoms with van der Waals surface area (Å²) in [7, 11) is 1.62. The summed E-state index contributed by atoms with van der Waals surface area (Å²) >= 11 is 2.76. The van der Waals surface area contributed by atoms with Crippen molar-refractivity contribution in [3.8, 4) is 5.75 Å². The zero-order chi connectivity index (χ0) is 19.8. The summed E-state index contributed by atoms with van der Waals surface area (Å²) in [6.45, 7) is 4.20. The lowest BCUT2D eigenvalue weighted by Crippen LogP contribution is -2.32. The van der Waals surface area contributed by atoms with Gasteiger partial charge in [-0.25, -0.2) is 0 Å². The number of amides is 1. The Morgan fingerprint density at radius 2 is 1.96 bits per heavy atom. The van der Waals surface area contributed by atoms with E-state index in [0.717, 1.165) is 21.5 Å². The molecule has 1 amide bonds. The van der Waals surface area contributed by atoms with Gasteiger partial charge >= 0.3 is 0 Å². The molecule has 0 unspecified atom stereocenters. The molecule has 0 saturated heterocycles. The molecule has 0 bridgehead atoms. The molecule has 3 rings (SSSR count). The van der Waals surface area contributed by atoms with Gasteiger partial charge in [-0.3, -0.25) is 4.79 Å². The van der Waals surface area contributed by atoms with Crippen LogP contribution in [0.2, 0.25) is 0 Å². The maximum atomic E-state index is 12.7. The van der Waals surface area contributed by atoms with Crippen LogP contribution in [0.1, 0.15) is 0 Å². The second-order valence-corrected chi connectivity index (χ2v) is 7.82. The van der Waals surface area contributed by atoms with Crippen LogP contribution in [0.5, 0.6) is 5.75 Å². The Bertz CT molecular complexity index is 931. The zero-order valence-corrected chi connectivity index (χ0v) is 17.0. The number of methoxy groups -OCH3 is 1. The third kappa shape index (κ3) is 5.11. The van der Waals surface area contributed by atoms with E-state index in [-0.39, 0.29) is 11.7 Å². The Morgan fingerprint density at radius 1 is 1.21 bits per heavy atom. The van der Waals surface area contributed by atoms with Gasteiger partial charge in [0, 0.05) is 12.2 Å². The number of aromatic nitrogens is 2. The highest BCUT2D eigenvalue weighted by Crippen LogP contribution is 2.31. The number of para-hydroxylation sites is 3. The topological polar surface area (TPSA) is 67.4 Å². The maximum Gasteiger partial charge on any atom is 0.237 e. The fraction of sp³-hybridized carbons (Fsp3) is 0.150. The average Bonchev–Trinajstić information content (AvgIpc) is 3.18. The first kappa shape index (κ1) is 19.9. The molecule has 0 atom stereocenters. The predicted molar refractivity (Wildman–Crippen MR) is 116 cm³/mol. The SMILES string of the molecule is C=CCN(C(=O)CSc1nnc(Nc2ccccc2OC)s1)c1ccccc1. The van der Waals surface area contributed by atoms with Crippen molar-refractivity contribution < 1.29 is 9.53 Å². The molecule has 0 radical (unpaired) electrons. The number of nitrogens with one attached hydrogen (secondary N) is 1. The number of ether oxygens (including phenoxy) is 1. The van der Waals surface area contributed by atoms with Crippen molar-refractivity contribution in [1.82, 2.24) is 10.2 Å². The van der Waals surface area contributed by atoms with Crippen LogP contribution in [0.3, 0.4) is 0 Å². The lowest BCUT2D eigenvalue weighted by molar-refractivity contribution is -0.116. The van der Waals surface area contributed by atoms with E-state index >= 15 is 0 Å². The fourth-order valence-corrected chi connectivity index (χ4v) is 4.11. The third-order valence-corrected chi connectivity index (χ3v) is 5.71. The van der Waals surface area contributed by atoms with Gasteiger partial charge in [-0.15, -0.1) is 16.8 Å². The van der Waals surface area contributed by atoms with Crippen LogP contribution < -0.4 is 15.0 Å². The maximum absolute atomic E-state index is 12.7. The molecule has 0 fully saturated rings. The van der Waals surface area contributed by atoms with Crippen LogP contribution in [-0.4, -0.2) is 35.5 Å². The summed E-state index contributed by atoms with van der Waals surface area (Å²) in [4.78, 5) is 14.4. The summed E-state index contributed by atoms with van der Waals surface area (Å²) in [5.41, 5.74) is 1.67. The van der Waals surface area contributed by atoms with E-state index in [2.05, 4.69) is 22.1 Å². The van der Waals surface area contributed by atoms with E-state index in [1.165, 1.54) is 23.1 Å². The number of anilines is 3. The van der Waals surface area contributed by atoms with Gasteiger partial charge in [0.05, 0.1) is 18.6 Å². The zero-order valence-electron chi connectivity index (χ0n) is 15.4. The molecular formula is C20H20N4O2S2. The van der Waals surface area contributed by atoms with Gasteiger partial charge in [0.25, 0.3) is 0 Å². The van der Waals surface area contributed by atoms with E-state index in [4.69, 9.17) is 4.74 Å². The van der Waals surface area contributed by atoms with Crippen molar-refractivity contribution in [3.05, 3.63) is 67.3 Å². The molecule has 8 heteroatoms. The van der Waals surface area contributed by atoms with Gasteiger partial charge in [0.1, 0.15) is 5.75 Å². The van der Waals surface area contributed by atoms with Gasteiger partial charge in [0.2, 0.25) is 11.0 Å². The van der Waals surface area contributed by atoms with Gasteiger partial charge in [-0.2, -0.15) is 0 Å². The molecule has 28 heavy (non-hydrogen) atoms. The minimum Gasteiger partial charge on any atom is -0.495 e. The van der Waals surface area contributed by atoms with E-state index in [1.807, 2.05) is 54.6 Å². The predicted octanol–water partition coefficient (Wildman–Crippen LogP) is 4.60. The smallest absolute Gasteiger partial charge is 0.237 e. The molecule has 0 spiro atoms. The van der Waals surface area contributed by atoms with Crippen molar-refractivity contribution in [3.63, 3.8) is 0 Å². The first-order valence-electron chi connectivity index (χ1n) is 8.54. The minimum absolute atomic E-state index is 0.00876. The number of thioether (sulfide) groups is 1. The lowest BCUT2D eigenvalue weighted by Gasteiger charge is -2.20. The fourth-order valence-electron chi connectivity index (χ4n) is 2.47. The Labute approximate surface area is 172 Å². The molecule has 3 aromatic rings. The van der Waals surface area contributed by atoms with Gasteiger partial charge in [-0.1, -0.05) is 59.5 Å². The van der Waals surface area contributed by atoms with Crippen LogP contribution in [0.15, 0.2) is 71.6 Å². The summed E-state index contributed by atoms with van der Waals surface area (Å²) in [5.74, 6) is 0.988. The summed E-state index contributed by atoms with van der Waals surface area (Å²) in [6, 6.07) is 17.2. The highest BCUT2D eigenvalue weighted by atomic mass is 32.2. The van der Waals surface area contributed by atoms with Crippen LogP contribution in [0.25, 0.3) is 0 Å². The Balaban J connectivity index is 1.62. The second kappa shape index (κ2) is 9.91. The van der Waals surface area contributed by atoms with Gasteiger partial charge in [-0.05, 0) is 24.3 Å². The molecule has 2 aromatic carbocycles. The Kier molecular flexibility index (Phi) is 7.05.